The Balaban J connectivity index is 1.21. The second-order valence-corrected chi connectivity index (χ2v) is 12.4. The first-order valence-corrected chi connectivity index (χ1v) is 16.5. The molecule has 0 radical (unpaired) electrons. The molecule has 4 nitrogen and oxygen atoms in total. The summed E-state index contributed by atoms with van der Waals surface area (Å²) in [5.74, 6) is 0.726. The van der Waals surface area contributed by atoms with E-state index >= 15 is 0 Å². The molecular formula is C45H28N4. The molecule has 0 aliphatic heterocycles. The molecule has 0 spiro atoms. The lowest BCUT2D eigenvalue weighted by Crippen LogP contribution is -1.97. The number of aromatic nitrogens is 4. The quantitative estimate of drug-likeness (QED) is 0.183. The fourth-order valence-corrected chi connectivity index (χ4v) is 7.38. The number of hydrogen-bond acceptors (Lipinski definition) is 3. The van der Waals surface area contributed by atoms with Gasteiger partial charge in [0.2, 0.25) is 0 Å². The van der Waals surface area contributed by atoms with Crippen molar-refractivity contribution in [2.45, 2.75) is 0 Å². The van der Waals surface area contributed by atoms with E-state index in [1.807, 2.05) is 24.3 Å². The standard InChI is InChI=1S/C45H28N4/c1-3-13-29(14-4-1)44-36-27-28-40-42(41(36)33-17-7-10-20-37(33)46-44)35-19-9-12-22-39(35)49(40)32-25-23-30(24-26-32)43-34-18-8-11-21-38(34)47-45(48-43)31-15-5-2-6-16-31/h1-28H. The molecule has 228 valence electrons. The average molecular weight is 625 g/mol. The van der Waals surface area contributed by atoms with Crippen LogP contribution in [0.4, 0.5) is 0 Å². The van der Waals surface area contributed by atoms with Crippen LogP contribution >= 0.6 is 0 Å². The van der Waals surface area contributed by atoms with E-state index < -0.39 is 0 Å². The minimum atomic E-state index is 0.726. The van der Waals surface area contributed by atoms with Crippen molar-refractivity contribution < 1.29 is 0 Å². The number of fused-ring (bicyclic) bond motifs is 8. The lowest BCUT2D eigenvalue weighted by atomic mass is 9.96. The average Bonchev–Trinajstić information content (AvgIpc) is 3.52. The minimum Gasteiger partial charge on any atom is -0.309 e. The largest absolute Gasteiger partial charge is 0.309 e. The molecule has 0 aliphatic carbocycles. The molecule has 0 unspecified atom stereocenters. The molecule has 10 rings (SSSR count). The molecule has 7 aromatic carbocycles. The van der Waals surface area contributed by atoms with E-state index in [-0.39, 0.29) is 0 Å². The van der Waals surface area contributed by atoms with Gasteiger partial charge in [-0.2, -0.15) is 0 Å². The minimum absolute atomic E-state index is 0.726. The van der Waals surface area contributed by atoms with E-state index in [4.69, 9.17) is 15.0 Å². The fourth-order valence-electron chi connectivity index (χ4n) is 7.38. The Bertz CT molecular complexity index is 2860. The molecule has 4 heteroatoms. The molecule has 0 atom stereocenters. The first-order chi connectivity index (χ1) is 24.3. The zero-order valence-corrected chi connectivity index (χ0v) is 26.5. The molecule has 0 saturated carbocycles. The summed E-state index contributed by atoms with van der Waals surface area (Å²) in [6.45, 7) is 0. The number of benzene rings is 7. The highest BCUT2D eigenvalue weighted by Gasteiger charge is 2.19. The molecule has 0 aliphatic rings. The second-order valence-electron chi connectivity index (χ2n) is 12.4. The first-order valence-electron chi connectivity index (χ1n) is 16.5. The maximum Gasteiger partial charge on any atom is 0.160 e. The Morgan fingerprint density at radius 3 is 1.65 bits per heavy atom. The van der Waals surface area contributed by atoms with Crippen molar-refractivity contribution in [3.8, 4) is 39.6 Å². The van der Waals surface area contributed by atoms with Crippen LogP contribution in [0.3, 0.4) is 0 Å². The van der Waals surface area contributed by atoms with Crippen LogP contribution in [0.15, 0.2) is 170 Å². The van der Waals surface area contributed by atoms with Crippen molar-refractivity contribution in [1.29, 1.82) is 0 Å². The highest BCUT2D eigenvalue weighted by atomic mass is 15.0. The van der Waals surface area contributed by atoms with Gasteiger partial charge in [-0.1, -0.05) is 133 Å². The van der Waals surface area contributed by atoms with E-state index in [9.17, 15) is 0 Å². The van der Waals surface area contributed by atoms with Crippen LogP contribution in [0.25, 0.3) is 94.0 Å². The Labute approximate surface area is 282 Å². The van der Waals surface area contributed by atoms with Crippen molar-refractivity contribution >= 4 is 54.4 Å². The molecule has 0 saturated heterocycles. The number of pyridine rings is 1. The number of hydrogen-bond donors (Lipinski definition) is 0. The van der Waals surface area contributed by atoms with Gasteiger partial charge in [0.05, 0.1) is 33.5 Å². The van der Waals surface area contributed by atoms with Crippen molar-refractivity contribution in [3.05, 3.63) is 170 Å². The van der Waals surface area contributed by atoms with Crippen molar-refractivity contribution in [2.75, 3.05) is 0 Å². The van der Waals surface area contributed by atoms with Crippen LogP contribution in [0, 0.1) is 0 Å². The zero-order valence-electron chi connectivity index (χ0n) is 26.5. The highest BCUT2D eigenvalue weighted by Crippen LogP contribution is 2.42. The van der Waals surface area contributed by atoms with Gasteiger partial charge in [0.25, 0.3) is 0 Å². The van der Waals surface area contributed by atoms with E-state index in [0.717, 1.165) is 72.3 Å². The summed E-state index contributed by atoms with van der Waals surface area (Å²) in [5.41, 5.74) is 10.4. The van der Waals surface area contributed by atoms with Crippen LogP contribution in [-0.2, 0) is 0 Å². The third-order valence-electron chi connectivity index (χ3n) is 9.58. The topological polar surface area (TPSA) is 43.6 Å². The lowest BCUT2D eigenvalue weighted by Gasteiger charge is -2.13. The van der Waals surface area contributed by atoms with Crippen LogP contribution in [-0.4, -0.2) is 19.5 Å². The third kappa shape index (κ3) is 4.35. The number of rotatable bonds is 4. The van der Waals surface area contributed by atoms with Crippen molar-refractivity contribution in [2.24, 2.45) is 0 Å². The molecule has 0 bridgehead atoms. The summed E-state index contributed by atoms with van der Waals surface area (Å²) in [5, 5.41) is 7.04. The summed E-state index contributed by atoms with van der Waals surface area (Å²) >= 11 is 0. The summed E-state index contributed by atoms with van der Waals surface area (Å²) in [7, 11) is 0. The summed E-state index contributed by atoms with van der Waals surface area (Å²) in [4.78, 5) is 15.2. The Morgan fingerprint density at radius 2 is 0.898 bits per heavy atom. The van der Waals surface area contributed by atoms with Gasteiger partial charge in [0.1, 0.15) is 0 Å². The predicted octanol–water partition coefficient (Wildman–Crippen LogP) is 11.4. The first kappa shape index (κ1) is 27.5. The summed E-state index contributed by atoms with van der Waals surface area (Å²) < 4.78 is 2.39. The monoisotopic (exact) mass is 624 g/mol. The van der Waals surface area contributed by atoms with E-state index in [0.29, 0.717) is 0 Å². The summed E-state index contributed by atoms with van der Waals surface area (Å²) in [6.07, 6.45) is 0. The van der Waals surface area contributed by atoms with Gasteiger partial charge >= 0.3 is 0 Å². The van der Waals surface area contributed by atoms with Crippen LogP contribution in [0.1, 0.15) is 0 Å². The van der Waals surface area contributed by atoms with Crippen LogP contribution in [0.5, 0.6) is 0 Å². The van der Waals surface area contributed by atoms with Crippen LogP contribution in [0.2, 0.25) is 0 Å². The smallest absolute Gasteiger partial charge is 0.160 e. The molecule has 0 fully saturated rings. The Kier molecular flexibility index (Phi) is 6.15. The lowest BCUT2D eigenvalue weighted by molar-refractivity contribution is 1.18. The molecule has 0 amide bonds. The number of para-hydroxylation sites is 3. The molecular weight excluding hydrogens is 597 g/mol. The predicted molar refractivity (Wildman–Crippen MR) is 203 cm³/mol. The van der Waals surface area contributed by atoms with Gasteiger partial charge in [-0.15, -0.1) is 0 Å². The van der Waals surface area contributed by atoms with Gasteiger partial charge in [0.15, 0.2) is 5.82 Å². The Hall–Kier alpha value is -6.65. The van der Waals surface area contributed by atoms with Gasteiger partial charge in [-0.3, -0.25) is 0 Å². The SMILES string of the molecule is c1ccc(-c2nc(-c3ccc(-n4c5ccccc5c5c6c(ccc54)c(-c4ccccc4)nc4ccccc46)cc3)c3ccccc3n2)cc1. The fraction of sp³-hybridized carbons (Fsp3) is 0. The van der Waals surface area contributed by atoms with E-state index in [2.05, 4.69) is 150 Å². The van der Waals surface area contributed by atoms with Gasteiger partial charge in [0, 0.05) is 54.7 Å². The van der Waals surface area contributed by atoms with Crippen molar-refractivity contribution in [3.63, 3.8) is 0 Å². The maximum atomic E-state index is 5.19. The highest BCUT2D eigenvalue weighted by molar-refractivity contribution is 6.29. The maximum absolute atomic E-state index is 5.19. The van der Waals surface area contributed by atoms with Crippen molar-refractivity contribution in [1.82, 2.24) is 19.5 Å². The number of nitrogens with zero attached hydrogens (tertiary/aromatic N) is 4. The van der Waals surface area contributed by atoms with E-state index in [1.165, 1.54) is 21.7 Å². The third-order valence-corrected chi connectivity index (χ3v) is 9.58. The molecule has 3 heterocycles. The normalized spacial score (nSPS) is 11.7. The second kappa shape index (κ2) is 11.0. The molecule has 10 aromatic rings. The Morgan fingerprint density at radius 1 is 0.327 bits per heavy atom. The van der Waals surface area contributed by atoms with Gasteiger partial charge in [-0.25, -0.2) is 15.0 Å². The summed E-state index contributed by atoms with van der Waals surface area (Å²) in [6, 6.07) is 59.5. The van der Waals surface area contributed by atoms with Gasteiger partial charge in [-0.05, 0) is 36.4 Å². The van der Waals surface area contributed by atoms with Gasteiger partial charge < -0.3 is 4.57 Å². The molecule has 49 heavy (non-hydrogen) atoms. The molecule has 3 aromatic heterocycles. The molecule has 0 N–H and O–H groups in total. The van der Waals surface area contributed by atoms with E-state index in [1.54, 1.807) is 0 Å². The zero-order chi connectivity index (χ0) is 32.3. The van der Waals surface area contributed by atoms with Crippen LogP contribution < -0.4 is 0 Å².